The molecule has 0 aromatic heterocycles. The highest BCUT2D eigenvalue weighted by Gasteiger charge is 2.19. The molecule has 1 rings (SSSR count). The van der Waals surface area contributed by atoms with Crippen molar-refractivity contribution in [1.29, 1.82) is 0 Å². The number of benzene rings is 1. The van der Waals surface area contributed by atoms with Crippen molar-refractivity contribution in [3.05, 3.63) is 29.8 Å². The number of hydrogen-bond donors (Lipinski definition) is 2. The third-order valence-corrected chi connectivity index (χ3v) is 4.31. The third-order valence-electron chi connectivity index (χ3n) is 2.79. The first-order chi connectivity index (χ1) is 8.90. The predicted octanol–water partition coefficient (Wildman–Crippen LogP) is 1.29. The second kappa shape index (κ2) is 6.79. The normalized spacial score (nSPS) is 13.2. The van der Waals surface area contributed by atoms with E-state index in [4.69, 9.17) is 5.73 Å². The highest BCUT2D eigenvalue weighted by Crippen LogP contribution is 2.13. The molecule has 0 bridgehead atoms. The van der Waals surface area contributed by atoms with Crippen LogP contribution in [0.15, 0.2) is 29.2 Å². The molecule has 0 radical (unpaired) electrons. The molecule has 6 heteroatoms. The zero-order chi connectivity index (χ0) is 14.5. The molecule has 0 saturated carbocycles. The van der Waals surface area contributed by atoms with Crippen molar-refractivity contribution < 1.29 is 13.2 Å². The molecule has 0 aliphatic rings. The van der Waals surface area contributed by atoms with Crippen LogP contribution in [0.1, 0.15) is 37.0 Å². The van der Waals surface area contributed by atoms with Gasteiger partial charge >= 0.3 is 0 Å². The van der Waals surface area contributed by atoms with Crippen LogP contribution in [0.3, 0.4) is 0 Å². The van der Waals surface area contributed by atoms with Gasteiger partial charge in [-0.1, -0.05) is 25.5 Å². The standard InChI is InChI=1S/C13H20N2O3S/c1-3-5-12(9-14)15-19(17,18)13-7-4-6-11(8-13)10(2)16/h4,6-8,12,15H,3,5,9,14H2,1-2H3. The van der Waals surface area contributed by atoms with Gasteiger partial charge in [0.25, 0.3) is 0 Å². The molecule has 0 spiro atoms. The lowest BCUT2D eigenvalue weighted by molar-refractivity contribution is 0.101. The molecule has 0 heterocycles. The van der Waals surface area contributed by atoms with Crippen molar-refractivity contribution in [1.82, 2.24) is 4.72 Å². The van der Waals surface area contributed by atoms with E-state index in [1.807, 2.05) is 6.92 Å². The van der Waals surface area contributed by atoms with Crippen LogP contribution in [-0.4, -0.2) is 26.8 Å². The zero-order valence-corrected chi connectivity index (χ0v) is 12.0. The number of nitrogens with two attached hydrogens (primary N) is 1. The molecule has 1 aromatic rings. The summed E-state index contributed by atoms with van der Waals surface area (Å²) in [7, 11) is -3.63. The minimum atomic E-state index is -3.63. The molecule has 0 aliphatic carbocycles. The molecule has 19 heavy (non-hydrogen) atoms. The van der Waals surface area contributed by atoms with E-state index in [0.717, 1.165) is 6.42 Å². The number of rotatable bonds is 7. The Morgan fingerprint density at radius 3 is 2.63 bits per heavy atom. The number of carbonyl (C=O) groups excluding carboxylic acids is 1. The van der Waals surface area contributed by atoms with E-state index in [2.05, 4.69) is 4.72 Å². The van der Waals surface area contributed by atoms with Crippen molar-refractivity contribution in [3.8, 4) is 0 Å². The number of ketones is 1. The molecule has 1 unspecified atom stereocenters. The van der Waals surface area contributed by atoms with Crippen LogP contribution in [0.4, 0.5) is 0 Å². The monoisotopic (exact) mass is 284 g/mol. The first-order valence-corrected chi connectivity index (χ1v) is 7.72. The van der Waals surface area contributed by atoms with Crippen LogP contribution < -0.4 is 10.5 Å². The summed E-state index contributed by atoms with van der Waals surface area (Å²) in [6.45, 7) is 3.62. The lowest BCUT2D eigenvalue weighted by Crippen LogP contribution is -2.40. The molecule has 3 N–H and O–H groups in total. The van der Waals surface area contributed by atoms with Gasteiger partial charge in [0.15, 0.2) is 5.78 Å². The van der Waals surface area contributed by atoms with Crippen molar-refractivity contribution in [3.63, 3.8) is 0 Å². The second-order valence-electron chi connectivity index (χ2n) is 4.43. The number of nitrogens with one attached hydrogen (secondary N) is 1. The van der Waals surface area contributed by atoms with Gasteiger partial charge in [-0.2, -0.15) is 0 Å². The summed E-state index contributed by atoms with van der Waals surface area (Å²) in [5.74, 6) is -0.166. The molecule has 0 saturated heterocycles. The fourth-order valence-corrected chi connectivity index (χ4v) is 3.07. The predicted molar refractivity (Wildman–Crippen MR) is 74.5 cm³/mol. The molecule has 0 aliphatic heterocycles. The van der Waals surface area contributed by atoms with E-state index in [-0.39, 0.29) is 23.3 Å². The van der Waals surface area contributed by atoms with Crippen molar-refractivity contribution >= 4 is 15.8 Å². The van der Waals surface area contributed by atoms with Crippen molar-refractivity contribution in [2.45, 2.75) is 37.6 Å². The van der Waals surface area contributed by atoms with Crippen LogP contribution >= 0.6 is 0 Å². The lowest BCUT2D eigenvalue weighted by Gasteiger charge is -2.16. The number of carbonyl (C=O) groups is 1. The quantitative estimate of drug-likeness (QED) is 0.738. The average molecular weight is 284 g/mol. The van der Waals surface area contributed by atoms with Crippen molar-refractivity contribution in [2.75, 3.05) is 6.54 Å². The molecule has 5 nitrogen and oxygen atoms in total. The van der Waals surface area contributed by atoms with Gasteiger partial charge in [-0.05, 0) is 25.5 Å². The summed E-state index contributed by atoms with van der Waals surface area (Å²) in [4.78, 5) is 11.4. The third kappa shape index (κ3) is 4.41. The number of sulfonamides is 1. The summed E-state index contributed by atoms with van der Waals surface area (Å²) in [5.41, 5.74) is 5.92. The van der Waals surface area contributed by atoms with Crippen LogP contribution in [0.25, 0.3) is 0 Å². The minimum absolute atomic E-state index is 0.0924. The van der Waals surface area contributed by atoms with E-state index >= 15 is 0 Å². The maximum atomic E-state index is 12.2. The SMILES string of the molecule is CCCC(CN)NS(=O)(=O)c1cccc(C(C)=O)c1. The summed E-state index contributed by atoms with van der Waals surface area (Å²) < 4.78 is 26.9. The zero-order valence-electron chi connectivity index (χ0n) is 11.2. The average Bonchev–Trinajstić information content (AvgIpc) is 2.38. The molecular formula is C13H20N2O3S. The van der Waals surface area contributed by atoms with Crippen molar-refractivity contribution in [2.24, 2.45) is 5.73 Å². The maximum absolute atomic E-state index is 12.2. The highest BCUT2D eigenvalue weighted by atomic mass is 32.2. The molecule has 1 aromatic carbocycles. The largest absolute Gasteiger partial charge is 0.329 e. The smallest absolute Gasteiger partial charge is 0.240 e. The number of hydrogen-bond acceptors (Lipinski definition) is 4. The lowest BCUT2D eigenvalue weighted by atomic mass is 10.2. The van der Waals surface area contributed by atoms with E-state index < -0.39 is 10.0 Å². The Hall–Kier alpha value is -1.24. The molecule has 1 atom stereocenters. The van der Waals surface area contributed by atoms with Gasteiger partial charge in [0.1, 0.15) is 0 Å². The Balaban J connectivity index is 2.99. The fourth-order valence-electron chi connectivity index (χ4n) is 1.74. The van der Waals surface area contributed by atoms with E-state index in [9.17, 15) is 13.2 Å². The Kier molecular flexibility index (Phi) is 5.65. The molecule has 0 amide bonds. The Labute approximate surface area is 114 Å². The minimum Gasteiger partial charge on any atom is -0.329 e. The molecular weight excluding hydrogens is 264 g/mol. The fraction of sp³-hybridized carbons (Fsp3) is 0.462. The summed E-state index contributed by atoms with van der Waals surface area (Å²) in [6.07, 6.45) is 1.53. The molecule has 106 valence electrons. The summed E-state index contributed by atoms with van der Waals surface area (Å²) in [6, 6.07) is 5.71. The van der Waals surface area contributed by atoms with E-state index in [1.165, 1.54) is 19.1 Å². The maximum Gasteiger partial charge on any atom is 0.240 e. The van der Waals surface area contributed by atoms with Crippen LogP contribution in [0, 0.1) is 0 Å². The number of Topliss-reactive ketones (excluding diaryl/α,β-unsaturated/α-hetero) is 1. The van der Waals surface area contributed by atoms with Gasteiger partial charge < -0.3 is 5.73 Å². The van der Waals surface area contributed by atoms with Crippen LogP contribution in [0.5, 0.6) is 0 Å². The van der Waals surface area contributed by atoms with Gasteiger partial charge in [0.05, 0.1) is 4.90 Å². The topological polar surface area (TPSA) is 89.3 Å². The first kappa shape index (κ1) is 15.8. The van der Waals surface area contributed by atoms with Gasteiger partial charge in [-0.3, -0.25) is 4.79 Å². The highest BCUT2D eigenvalue weighted by molar-refractivity contribution is 7.89. The van der Waals surface area contributed by atoms with E-state index in [0.29, 0.717) is 12.0 Å². The van der Waals surface area contributed by atoms with Gasteiger partial charge in [-0.15, -0.1) is 0 Å². The Morgan fingerprint density at radius 1 is 1.42 bits per heavy atom. The Morgan fingerprint density at radius 2 is 2.11 bits per heavy atom. The second-order valence-corrected chi connectivity index (χ2v) is 6.14. The van der Waals surface area contributed by atoms with Gasteiger partial charge in [0, 0.05) is 18.2 Å². The molecule has 0 fully saturated rings. The first-order valence-electron chi connectivity index (χ1n) is 6.24. The summed E-state index contributed by atoms with van der Waals surface area (Å²) in [5, 5.41) is 0. The van der Waals surface area contributed by atoms with Gasteiger partial charge in [0.2, 0.25) is 10.0 Å². The van der Waals surface area contributed by atoms with Crippen LogP contribution in [0.2, 0.25) is 0 Å². The summed E-state index contributed by atoms with van der Waals surface area (Å²) >= 11 is 0. The Bertz CT molecular complexity index is 541. The van der Waals surface area contributed by atoms with Crippen LogP contribution in [-0.2, 0) is 10.0 Å². The van der Waals surface area contributed by atoms with Gasteiger partial charge in [-0.25, -0.2) is 13.1 Å². The van der Waals surface area contributed by atoms with E-state index in [1.54, 1.807) is 12.1 Å².